The Kier molecular flexibility index (Phi) is 6.35. The van der Waals surface area contributed by atoms with E-state index in [1.54, 1.807) is 24.7 Å². The highest BCUT2D eigenvalue weighted by Crippen LogP contribution is 2.20. The average molecular weight is 353 g/mol. The van der Waals surface area contributed by atoms with Crippen LogP contribution in [0.15, 0.2) is 65.5 Å². The topological polar surface area (TPSA) is 71.6 Å². The molecule has 0 aliphatic carbocycles. The van der Waals surface area contributed by atoms with E-state index in [9.17, 15) is 5.11 Å². The number of aliphatic hydroxyl groups is 1. The van der Waals surface area contributed by atoms with Crippen LogP contribution in [0, 0.1) is 0 Å². The predicted molar refractivity (Wildman–Crippen MR) is 97.7 cm³/mol. The van der Waals surface area contributed by atoms with Crippen molar-refractivity contribution < 1.29 is 14.3 Å². The van der Waals surface area contributed by atoms with Gasteiger partial charge in [0.2, 0.25) is 0 Å². The second-order valence-electron chi connectivity index (χ2n) is 6.01. The van der Waals surface area contributed by atoms with Gasteiger partial charge in [-0.15, -0.1) is 0 Å². The highest BCUT2D eigenvalue weighted by atomic mass is 16.5. The van der Waals surface area contributed by atoms with Gasteiger partial charge in [0.1, 0.15) is 11.5 Å². The van der Waals surface area contributed by atoms with Gasteiger partial charge in [-0.05, 0) is 42.3 Å². The summed E-state index contributed by atoms with van der Waals surface area (Å²) < 4.78 is 11.1. The quantitative estimate of drug-likeness (QED) is 0.633. The summed E-state index contributed by atoms with van der Waals surface area (Å²) in [6, 6.07) is 13.8. The molecule has 0 saturated carbocycles. The molecule has 0 fully saturated rings. The number of furan rings is 1. The largest absolute Gasteiger partial charge is 0.468 e. The van der Waals surface area contributed by atoms with E-state index in [-0.39, 0.29) is 12.6 Å². The Morgan fingerprint density at radius 3 is 2.46 bits per heavy atom. The minimum Gasteiger partial charge on any atom is -0.468 e. The summed E-state index contributed by atoms with van der Waals surface area (Å²) in [6.45, 7) is 3.56. The zero-order chi connectivity index (χ0) is 18.2. The van der Waals surface area contributed by atoms with Gasteiger partial charge in [0.05, 0.1) is 19.4 Å². The van der Waals surface area contributed by atoms with Crippen LogP contribution in [0.1, 0.15) is 24.7 Å². The number of hydrogen-bond donors (Lipinski definition) is 1. The molecule has 6 nitrogen and oxygen atoms in total. The lowest BCUT2D eigenvalue weighted by atomic mass is 10.1. The first-order chi connectivity index (χ1) is 12.8. The molecule has 6 heteroatoms. The van der Waals surface area contributed by atoms with Gasteiger partial charge in [-0.3, -0.25) is 4.90 Å². The van der Waals surface area contributed by atoms with E-state index < -0.39 is 0 Å². The highest BCUT2D eigenvalue weighted by Gasteiger charge is 2.18. The van der Waals surface area contributed by atoms with Crippen LogP contribution in [-0.2, 0) is 13.1 Å². The molecular weight excluding hydrogens is 330 g/mol. The number of benzene rings is 1. The van der Waals surface area contributed by atoms with Crippen LogP contribution in [0.4, 0.5) is 0 Å². The Hall–Kier alpha value is -2.70. The first-order valence-electron chi connectivity index (χ1n) is 8.69. The average Bonchev–Trinajstić information content (AvgIpc) is 3.18. The second-order valence-corrected chi connectivity index (χ2v) is 6.01. The van der Waals surface area contributed by atoms with Crippen LogP contribution >= 0.6 is 0 Å². The summed E-state index contributed by atoms with van der Waals surface area (Å²) in [6.07, 6.45) is 5.82. The first-order valence-corrected chi connectivity index (χ1v) is 8.69. The van der Waals surface area contributed by atoms with Gasteiger partial charge < -0.3 is 14.3 Å². The van der Waals surface area contributed by atoms with Crippen LogP contribution in [0.5, 0.6) is 11.8 Å². The Labute approximate surface area is 153 Å². The lowest BCUT2D eigenvalue weighted by molar-refractivity contribution is 0.0998. The van der Waals surface area contributed by atoms with E-state index in [0.29, 0.717) is 24.8 Å². The normalized spacial score (nSPS) is 12.3. The summed E-state index contributed by atoms with van der Waals surface area (Å²) in [5.41, 5.74) is 1.13. The van der Waals surface area contributed by atoms with Gasteiger partial charge in [-0.1, -0.05) is 19.1 Å². The number of ether oxygens (including phenoxy) is 1. The van der Waals surface area contributed by atoms with Gasteiger partial charge in [-0.2, -0.15) is 0 Å². The Balaban J connectivity index is 1.67. The van der Waals surface area contributed by atoms with Crippen LogP contribution in [-0.4, -0.2) is 32.6 Å². The van der Waals surface area contributed by atoms with E-state index in [1.165, 1.54) is 0 Å². The molecular formula is C20H23N3O3. The van der Waals surface area contributed by atoms with E-state index >= 15 is 0 Å². The molecule has 2 aromatic heterocycles. The standard InChI is InChI=1S/C20H23N3O3/c1-2-17(15-24)23(14-19-5-3-12-25-19)13-16-6-8-18(9-7-16)26-20-21-10-4-11-22-20/h3-12,17,24H,2,13-15H2,1H3. The molecule has 0 amide bonds. The molecule has 1 unspecified atom stereocenters. The lowest BCUT2D eigenvalue weighted by Crippen LogP contribution is -2.36. The van der Waals surface area contributed by atoms with Crippen molar-refractivity contribution in [2.75, 3.05) is 6.61 Å². The van der Waals surface area contributed by atoms with Crippen LogP contribution in [0.3, 0.4) is 0 Å². The predicted octanol–water partition coefficient (Wildman–Crippen LogP) is 3.64. The van der Waals surface area contributed by atoms with Crippen molar-refractivity contribution in [3.05, 3.63) is 72.4 Å². The van der Waals surface area contributed by atoms with E-state index in [4.69, 9.17) is 9.15 Å². The zero-order valence-electron chi connectivity index (χ0n) is 14.8. The van der Waals surface area contributed by atoms with Gasteiger partial charge in [0.25, 0.3) is 0 Å². The molecule has 0 aliphatic heterocycles. The van der Waals surface area contributed by atoms with E-state index in [1.807, 2.05) is 36.4 Å². The number of hydrogen-bond acceptors (Lipinski definition) is 6. The molecule has 26 heavy (non-hydrogen) atoms. The fraction of sp³-hybridized carbons (Fsp3) is 0.300. The highest BCUT2D eigenvalue weighted by molar-refractivity contribution is 5.29. The van der Waals surface area contributed by atoms with Crippen molar-refractivity contribution >= 4 is 0 Å². The summed E-state index contributed by atoms with van der Waals surface area (Å²) in [7, 11) is 0. The molecule has 3 aromatic rings. The SMILES string of the molecule is CCC(CO)N(Cc1ccc(Oc2ncccn2)cc1)Cc1ccco1. The minimum absolute atomic E-state index is 0.0775. The Morgan fingerprint density at radius 2 is 1.85 bits per heavy atom. The van der Waals surface area contributed by atoms with Crippen molar-refractivity contribution in [1.29, 1.82) is 0 Å². The van der Waals surface area contributed by atoms with Gasteiger partial charge >= 0.3 is 6.01 Å². The third-order valence-corrected chi connectivity index (χ3v) is 4.20. The van der Waals surface area contributed by atoms with E-state index in [0.717, 1.165) is 17.7 Å². The number of aliphatic hydroxyl groups excluding tert-OH is 1. The fourth-order valence-corrected chi connectivity index (χ4v) is 2.76. The van der Waals surface area contributed by atoms with Gasteiger partial charge in [-0.25, -0.2) is 9.97 Å². The van der Waals surface area contributed by atoms with E-state index in [2.05, 4.69) is 21.8 Å². The fourth-order valence-electron chi connectivity index (χ4n) is 2.76. The van der Waals surface area contributed by atoms with Crippen molar-refractivity contribution in [1.82, 2.24) is 14.9 Å². The maximum atomic E-state index is 9.71. The smallest absolute Gasteiger partial charge is 0.321 e. The monoisotopic (exact) mass is 353 g/mol. The van der Waals surface area contributed by atoms with Crippen molar-refractivity contribution in [2.24, 2.45) is 0 Å². The summed E-state index contributed by atoms with van der Waals surface area (Å²) in [4.78, 5) is 10.3. The molecule has 2 heterocycles. The summed E-state index contributed by atoms with van der Waals surface area (Å²) >= 11 is 0. The van der Waals surface area contributed by atoms with Crippen molar-refractivity contribution in [3.63, 3.8) is 0 Å². The Morgan fingerprint density at radius 1 is 1.08 bits per heavy atom. The molecule has 3 rings (SSSR count). The molecule has 1 N–H and O–H groups in total. The number of nitrogens with zero attached hydrogens (tertiary/aromatic N) is 3. The summed E-state index contributed by atoms with van der Waals surface area (Å²) in [5, 5.41) is 9.71. The zero-order valence-corrected chi connectivity index (χ0v) is 14.8. The third-order valence-electron chi connectivity index (χ3n) is 4.20. The Bertz CT molecular complexity index is 757. The molecule has 0 saturated heterocycles. The number of rotatable bonds is 9. The van der Waals surface area contributed by atoms with Crippen molar-refractivity contribution in [2.45, 2.75) is 32.5 Å². The van der Waals surface area contributed by atoms with Gasteiger partial charge in [0, 0.05) is 25.0 Å². The molecule has 0 spiro atoms. The first kappa shape index (κ1) is 18.1. The molecule has 136 valence electrons. The maximum absolute atomic E-state index is 9.71. The molecule has 1 aromatic carbocycles. The van der Waals surface area contributed by atoms with Crippen molar-refractivity contribution in [3.8, 4) is 11.8 Å². The second kappa shape index (κ2) is 9.12. The third kappa shape index (κ3) is 4.91. The summed E-state index contributed by atoms with van der Waals surface area (Å²) in [5.74, 6) is 1.57. The van der Waals surface area contributed by atoms with Gasteiger partial charge in [0.15, 0.2) is 0 Å². The molecule has 0 radical (unpaired) electrons. The molecule has 1 atom stereocenters. The lowest BCUT2D eigenvalue weighted by Gasteiger charge is -2.29. The molecule has 0 bridgehead atoms. The minimum atomic E-state index is 0.0775. The van der Waals surface area contributed by atoms with Crippen LogP contribution in [0.2, 0.25) is 0 Å². The van der Waals surface area contributed by atoms with Crippen LogP contribution < -0.4 is 4.74 Å². The molecule has 0 aliphatic rings. The number of aromatic nitrogens is 2. The van der Waals surface area contributed by atoms with Crippen LogP contribution in [0.25, 0.3) is 0 Å². The maximum Gasteiger partial charge on any atom is 0.321 e.